The SMILES string of the molecule is COc1ccc(OCc2ccc(C(=O)Nc3ccccc3[N+](=O)[O-])o2)cc1. The molecule has 1 aromatic heterocycles. The Bertz CT molecular complexity index is 949. The fraction of sp³-hybridized carbons (Fsp3) is 0.105. The van der Waals surface area contributed by atoms with Crippen molar-refractivity contribution < 1.29 is 23.6 Å². The average Bonchev–Trinajstić information content (AvgIpc) is 3.16. The minimum Gasteiger partial charge on any atom is -0.497 e. The van der Waals surface area contributed by atoms with Crippen LogP contribution in [0.2, 0.25) is 0 Å². The molecule has 0 bridgehead atoms. The first-order chi connectivity index (χ1) is 13.1. The van der Waals surface area contributed by atoms with E-state index in [0.717, 1.165) is 0 Å². The number of hydrogen-bond donors (Lipinski definition) is 1. The molecule has 138 valence electrons. The van der Waals surface area contributed by atoms with Gasteiger partial charge in [0.2, 0.25) is 0 Å². The van der Waals surface area contributed by atoms with Crippen LogP contribution < -0.4 is 14.8 Å². The number of nitro benzene ring substituents is 1. The van der Waals surface area contributed by atoms with Crippen LogP contribution in [0.1, 0.15) is 16.3 Å². The molecule has 1 N–H and O–H groups in total. The number of hydrogen-bond acceptors (Lipinski definition) is 6. The largest absolute Gasteiger partial charge is 0.497 e. The molecule has 0 saturated heterocycles. The first-order valence-electron chi connectivity index (χ1n) is 7.97. The predicted octanol–water partition coefficient (Wildman–Crippen LogP) is 4.03. The molecular weight excluding hydrogens is 352 g/mol. The van der Waals surface area contributed by atoms with Gasteiger partial charge in [0.1, 0.15) is 29.6 Å². The van der Waals surface area contributed by atoms with Crippen LogP contribution in [0.3, 0.4) is 0 Å². The Morgan fingerprint density at radius 1 is 1.07 bits per heavy atom. The molecule has 8 nitrogen and oxygen atoms in total. The summed E-state index contributed by atoms with van der Waals surface area (Å²) in [6, 6.07) is 16.0. The van der Waals surface area contributed by atoms with Crippen molar-refractivity contribution in [3.05, 3.63) is 82.3 Å². The lowest BCUT2D eigenvalue weighted by atomic mass is 10.2. The van der Waals surface area contributed by atoms with Crippen molar-refractivity contribution in [3.63, 3.8) is 0 Å². The molecule has 1 heterocycles. The Morgan fingerprint density at radius 2 is 1.78 bits per heavy atom. The number of nitrogens with zero attached hydrogens (tertiary/aromatic N) is 1. The van der Waals surface area contributed by atoms with Crippen molar-refractivity contribution in [3.8, 4) is 11.5 Å². The molecule has 1 amide bonds. The Hall–Kier alpha value is -3.81. The molecule has 3 rings (SSSR count). The third-order valence-electron chi connectivity index (χ3n) is 3.67. The molecule has 0 unspecified atom stereocenters. The lowest BCUT2D eigenvalue weighted by Crippen LogP contribution is -2.12. The van der Waals surface area contributed by atoms with E-state index in [1.54, 1.807) is 43.5 Å². The van der Waals surface area contributed by atoms with Crippen molar-refractivity contribution in [1.82, 2.24) is 0 Å². The number of carbonyl (C=O) groups excluding carboxylic acids is 1. The van der Waals surface area contributed by atoms with E-state index < -0.39 is 10.8 Å². The zero-order valence-electron chi connectivity index (χ0n) is 14.4. The highest BCUT2D eigenvalue weighted by atomic mass is 16.6. The molecule has 27 heavy (non-hydrogen) atoms. The van der Waals surface area contributed by atoms with E-state index in [0.29, 0.717) is 17.3 Å². The van der Waals surface area contributed by atoms with E-state index in [2.05, 4.69) is 5.32 Å². The van der Waals surface area contributed by atoms with Gasteiger partial charge in [-0.3, -0.25) is 14.9 Å². The maximum absolute atomic E-state index is 12.3. The molecule has 0 atom stereocenters. The highest BCUT2D eigenvalue weighted by molar-refractivity contribution is 6.03. The van der Waals surface area contributed by atoms with Gasteiger partial charge < -0.3 is 19.2 Å². The quantitative estimate of drug-likeness (QED) is 0.499. The van der Waals surface area contributed by atoms with Crippen LogP contribution in [0.15, 0.2) is 65.1 Å². The van der Waals surface area contributed by atoms with Gasteiger partial charge in [-0.15, -0.1) is 0 Å². The Morgan fingerprint density at radius 3 is 2.48 bits per heavy atom. The third-order valence-corrected chi connectivity index (χ3v) is 3.67. The molecule has 0 saturated carbocycles. The van der Waals surface area contributed by atoms with Crippen molar-refractivity contribution in [2.24, 2.45) is 0 Å². The summed E-state index contributed by atoms with van der Waals surface area (Å²) in [5, 5.41) is 13.5. The monoisotopic (exact) mass is 368 g/mol. The molecule has 2 aromatic carbocycles. The van der Waals surface area contributed by atoms with Crippen LogP contribution >= 0.6 is 0 Å². The molecule has 0 spiro atoms. The second-order valence-electron chi connectivity index (χ2n) is 5.46. The molecule has 0 aliphatic heterocycles. The summed E-state index contributed by atoms with van der Waals surface area (Å²) >= 11 is 0. The normalized spacial score (nSPS) is 10.3. The second-order valence-corrected chi connectivity index (χ2v) is 5.46. The highest BCUT2D eigenvalue weighted by Crippen LogP contribution is 2.24. The maximum atomic E-state index is 12.3. The number of furan rings is 1. The summed E-state index contributed by atoms with van der Waals surface area (Å²) in [5.41, 5.74) is -0.0969. The Kier molecular flexibility index (Phi) is 5.36. The molecule has 8 heteroatoms. The maximum Gasteiger partial charge on any atom is 0.292 e. The van der Waals surface area contributed by atoms with Crippen LogP contribution in [-0.4, -0.2) is 17.9 Å². The highest BCUT2D eigenvalue weighted by Gasteiger charge is 2.18. The van der Waals surface area contributed by atoms with E-state index in [1.807, 2.05) is 0 Å². The van der Waals surface area contributed by atoms with Crippen LogP contribution in [0.4, 0.5) is 11.4 Å². The van der Waals surface area contributed by atoms with Gasteiger partial charge in [-0.25, -0.2) is 0 Å². The number of anilines is 1. The topological polar surface area (TPSA) is 104 Å². The lowest BCUT2D eigenvalue weighted by molar-refractivity contribution is -0.383. The Labute approximate surface area is 154 Å². The molecule has 0 radical (unpaired) electrons. The number of amides is 1. The van der Waals surface area contributed by atoms with Crippen LogP contribution in [0.25, 0.3) is 0 Å². The van der Waals surface area contributed by atoms with Crippen LogP contribution in [-0.2, 0) is 6.61 Å². The van der Waals surface area contributed by atoms with E-state index in [1.165, 1.54) is 24.3 Å². The van der Waals surface area contributed by atoms with Gasteiger partial charge in [0.05, 0.1) is 12.0 Å². The molecule has 3 aromatic rings. The van der Waals surface area contributed by atoms with E-state index in [9.17, 15) is 14.9 Å². The van der Waals surface area contributed by atoms with E-state index in [4.69, 9.17) is 13.9 Å². The number of nitrogens with one attached hydrogen (secondary N) is 1. The summed E-state index contributed by atoms with van der Waals surface area (Å²) in [4.78, 5) is 22.7. The average molecular weight is 368 g/mol. The predicted molar refractivity (Wildman–Crippen MR) is 97.1 cm³/mol. The zero-order valence-corrected chi connectivity index (χ0v) is 14.4. The van der Waals surface area contributed by atoms with Gasteiger partial charge in [-0.2, -0.15) is 0 Å². The third kappa shape index (κ3) is 4.43. The number of rotatable bonds is 7. The van der Waals surface area contributed by atoms with Crippen LogP contribution in [0.5, 0.6) is 11.5 Å². The minimum atomic E-state index is -0.583. The van der Waals surface area contributed by atoms with Gasteiger partial charge in [0.15, 0.2) is 5.76 Å². The number of ether oxygens (including phenoxy) is 2. The number of methoxy groups -OCH3 is 1. The smallest absolute Gasteiger partial charge is 0.292 e. The summed E-state index contributed by atoms with van der Waals surface area (Å²) in [7, 11) is 1.58. The van der Waals surface area contributed by atoms with Gasteiger partial charge >= 0.3 is 0 Å². The number of carbonyl (C=O) groups is 1. The van der Waals surface area contributed by atoms with E-state index >= 15 is 0 Å². The van der Waals surface area contributed by atoms with Crippen molar-refractivity contribution in [2.75, 3.05) is 12.4 Å². The first kappa shape index (κ1) is 18.0. The van der Waals surface area contributed by atoms with Crippen LogP contribution in [0, 0.1) is 10.1 Å². The Balaban J connectivity index is 1.63. The van der Waals surface area contributed by atoms with Crippen molar-refractivity contribution in [2.45, 2.75) is 6.61 Å². The fourth-order valence-electron chi connectivity index (χ4n) is 2.33. The van der Waals surface area contributed by atoms with Gasteiger partial charge in [-0.05, 0) is 42.5 Å². The molecule has 0 aliphatic rings. The van der Waals surface area contributed by atoms with Crippen molar-refractivity contribution >= 4 is 17.3 Å². The number of benzene rings is 2. The summed E-state index contributed by atoms with van der Waals surface area (Å²) < 4.78 is 16.1. The minimum absolute atomic E-state index is 0.0291. The summed E-state index contributed by atoms with van der Waals surface area (Å²) in [6.45, 7) is 0.130. The van der Waals surface area contributed by atoms with Gasteiger partial charge in [-0.1, -0.05) is 12.1 Å². The van der Waals surface area contributed by atoms with Gasteiger partial charge in [0.25, 0.3) is 11.6 Å². The summed E-state index contributed by atoms with van der Waals surface area (Å²) in [5.74, 6) is 1.23. The summed E-state index contributed by atoms with van der Waals surface area (Å²) in [6.07, 6.45) is 0. The number of para-hydroxylation sites is 2. The molecule has 0 aliphatic carbocycles. The molecular formula is C19H16N2O6. The van der Waals surface area contributed by atoms with E-state index in [-0.39, 0.29) is 23.7 Å². The van der Waals surface area contributed by atoms with Crippen molar-refractivity contribution in [1.29, 1.82) is 0 Å². The second kappa shape index (κ2) is 8.05. The molecule has 0 fully saturated rings. The first-order valence-corrected chi connectivity index (χ1v) is 7.97. The zero-order chi connectivity index (χ0) is 19.2. The number of nitro groups is 1. The van der Waals surface area contributed by atoms with Gasteiger partial charge in [0, 0.05) is 6.07 Å². The lowest BCUT2D eigenvalue weighted by Gasteiger charge is -2.05. The fourth-order valence-corrected chi connectivity index (χ4v) is 2.33. The standard InChI is InChI=1S/C19H16N2O6/c1-25-13-6-8-14(9-7-13)26-12-15-10-11-18(27-15)19(22)20-16-4-2-3-5-17(16)21(23)24/h2-11H,12H2,1H3,(H,20,22).